The summed E-state index contributed by atoms with van der Waals surface area (Å²) in [5, 5.41) is 9.05. The van der Waals surface area contributed by atoms with Crippen molar-refractivity contribution >= 4 is 11.9 Å². The molecule has 1 heterocycles. The van der Waals surface area contributed by atoms with Crippen molar-refractivity contribution in [3.05, 3.63) is 0 Å². The highest BCUT2D eigenvalue weighted by atomic mass is 16.5. The van der Waals surface area contributed by atoms with Crippen LogP contribution in [0.5, 0.6) is 0 Å². The molecule has 0 radical (unpaired) electrons. The molecule has 2 rings (SSSR count). The van der Waals surface area contributed by atoms with E-state index in [4.69, 9.17) is 9.84 Å². The number of carbonyl (C=O) groups is 2. The van der Waals surface area contributed by atoms with E-state index >= 15 is 0 Å². The van der Waals surface area contributed by atoms with Gasteiger partial charge in [-0.3, -0.25) is 4.79 Å². The summed E-state index contributed by atoms with van der Waals surface area (Å²) < 4.78 is 5.34. The van der Waals surface area contributed by atoms with Crippen LogP contribution in [-0.2, 0) is 14.3 Å². The second kappa shape index (κ2) is 6.57. The summed E-state index contributed by atoms with van der Waals surface area (Å²) in [4.78, 5) is 25.1. The van der Waals surface area contributed by atoms with Gasteiger partial charge in [-0.15, -0.1) is 0 Å². The maximum Gasteiger partial charge on any atom is 0.334 e. The molecule has 0 bridgehead atoms. The number of carboxylic acids is 1. The standard InChI is InChI=1S/C15H25NO4/c1-10-4-3-5-12(6-10)7-14(17)16-8-11(2)20-13(9-16)15(18)19/h10-13H,3-9H2,1-2H3,(H,18,19)/t10?,11-,12?,13?/m1/s1. The summed E-state index contributed by atoms with van der Waals surface area (Å²) in [6, 6.07) is 0. The topological polar surface area (TPSA) is 66.8 Å². The molecule has 1 amide bonds. The Balaban J connectivity index is 1.89. The minimum atomic E-state index is -0.986. The lowest BCUT2D eigenvalue weighted by atomic mass is 9.80. The third kappa shape index (κ3) is 3.95. The van der Waals surface area contributed by atoms with Crippen molar-refractivity contribution in [2.75, 3.05) is 13.1 Å². The van der Waals surface area contributed by atoms with Gasteiger partial charge in [0.2, 0.25) is 5.91 Å². The Morgan fingerprint density at radius 3 is 2.65 bits per heavy atom. The third-order valence-corrected chi connectivity index (χ3v) is 4.40. The lowest BCUT2D eigenvalue weighted by Gasteiger charge is -2.36. The van der Waals surface area contributed by atoms with Crippen molar-refractivity contribution in [3.8, 4) is 0 Å². The SMILES string of the molecule is CC1CCCC(CC(=O)N2CC(C(=O)O)O[C@H](C)C2)C1. The maximum absolute atomic E-state index is 12.4. The molecule has 0 aromatic rings. The second-order valence-electron chi connectivity index (χ2n) is 6.41. The van der Waals surface area contributed by atoms with Crippen molar-refractivity contribution in [3.63, 3.8) is 0 Å². The first-order valence-corrected chi connectivity index (χ1v) is 7.61. The fourth-order valence-corrected chi connectivity index (χ4v) is 3.41. The first kappa shape index (κ1) is 15.3. The van der Waals surface area contributed by atoms with Crippen molar-refractivity contribution in [1.82, 2.24) is 4.90 Å². The summed E-state index contributed by atoms with van der Waals surface area (Å²) in [5.41, 5.74) is 0. The molecule has 5 heteroatoms. The average molecular weight is 283 g/mol. The van der Waals surface area contributed by atoms with Crippen molar-refractivity contribution in [1.29, 1.82) is 0 Å². The van der Waals surface area contributed by atoms with Gasteiger partial charge in [-0.1, -0.05) is 19.8 Å². The Bertz CT molecular complexity index is 371. The molecular weight excluding hydrogens is 258 g/mol. The van der Waals surface area contributed by atoms with Crippen LogP contribution in [0.3, 0.4) is 0 Å². The Morgan fingerprint density at radius 1 is 1.25 bits per heavy atom. The third-order valence-electron chi connectivity index (χ3n) is 4.40. The summed E-state index contributed by atoms with van der Waals surface area (Å²) in [6.07, 6.45) is 4.18. The monoisotopic (exact) mass is 283 g/mol. The number of carbonyl (C=O) groups excluding carboxylic acids is 1. The zero-order chi connectivity index (χ0) is 14.7. The van der Waals surface area contributed by atoms with Crippen LogP contribution in [-0.4, -0.2) is 47.2 Å². The van der Waals surface area contributed by atoms with E-state index in [2.05, 4.69) is 6.92 Å². The number of rotatable bonds is 3. The fraction of sp³-hybridized carbons (Fsp3) is 0.867. The molecule has 0 aromatic carbocycles. The molecule has 1 saturated carbocycles. The first-order valence-electron chi connectivity index (χ1n) is 7.61. The Kier molecular flexibility index (Phi) is 5.02. The molecule has 114 valence electrons. The fourth-order valence-electron chi connectivity index (χ4n) is 3.41. The molecule has 3 unspecified atom stereocenters. The van der Waals surface area contributed by atoms with Gasteiger partial charge in [-0.2, -0.15) is 0 Å². The van der Waals surface area contributed by atoms with Crippen LogP contribution in [0, 0.1) is 11.8 Å². The molecule has 2 aliphatic rings. The number of nitrogens with zero attached hydrogens (tertiary/aromatic N) is 1. The summed E-state index contributed by atoms with van der Waals surface area (Å²) in [5.74, 6) is 0.274. The van der Waals surface area contributed by atoms with E-state index in [-0.39, 0.29) is 18.6 Å². The van der Waals surface area contributed by atoms with Crippen molar-refractivity contribution in [2.24, 2.45) is 11.8 Å². The smallest absolute Gasteiger partial charge is 0.334 e. The van der Waals surface area contributed by atoms with E-state index in [1.165, 1.54) is 12.8 Å². The molecule has 0 aromatic heterocycles. The van der Waals surface area contributed by atoms with Crippen LogP contribution in [0.2, 0.25) is 0 Å². The highest BCUT2D eigenvalue weighted by molar-refractivity contribution is 5.79. The van der Waals surface area contributed by atoms with Crippen LogP contribution in [0.15, 0.2) is 0 Å². The molecule has 4 atom stereocenters. The molecule has 20 heavy (non-hydrogen) atoms. The van der Waals surface area contributed by atoms with E-state index < -0.39 is 12.1 Å². The van der Waals surface area contributed by atoms with Gasteiger partial charge < -0.3 is 14.7 Å². The minimum absolute atomic E-state index is 0.0884. The van der Waals surface area contributed by atoms with Crippen molar-refractivity contribution in [2.45, 2.75) is 58.2 Å². The number of aliphatic carboxylic acids is 1. The number of amides is 1. The van der Waals surface area contributed by atoms with Gasteiger partial charge in [0.05, 0.1) is 12.6 Å². The highest BCUT2D eigenvalue weighted by Crippen LogP contribution is 2.31. The number of ether oxygens (including phenoxy) is 1. The molecule has 0 spiro atoms. The number of hydrogen-bond donors (Lipinski definition) is 1. The number of hydrogen-bond acceptors (Lipinski definition) is 3. The Hall–Kier alpha value is -1.10. The van der Waals surface area contributed by atoms with E-state index in [1.54, 1.807) is 4.90 Å². The van der Waals surface area contributed by atoms with E-state index in [9.17, 15) is 9.59 Å². The normalized spacial score (nSPS) is 34.8. The lowest BCUT2D eigenvalue weighted by molar-refractivity contribution is -0.166. The van der Waals surface area contributed by atoms with Gasteiger partial charge in [0, 0.05) is 13.0 Å². The molecular formula is C15H25NO4. The van der Waals surface area contributed by atoms with Gasteiger partial charge in [-0.25, -0.2) is 4.79 Å². The van der Waals surface area contributed by atoms with Gasteiger partial charge in [0.15, 0.2) is 6.10 Å². The van der Waals surface area contributed by atoms with Crippen LogP contribution in [0.25, 0.3) is 0 Å². The largest absolute Gasteiger partial charge is 0.479 e. The first-order chi connectivity index (χ1) is 9.45. The van der Waals surface area contributed by atoms with Crippen LogP contribution < -0.4 is 0 Å². The zero-order valence-electron chi connectivity index (χ0n) is 12.4. The predicted octanol–water partition coefficient (Wildman–Crippen LogP) is 1.90. The zero-order valence-corrected chi connectivity index (χ0v) is 12.4. The molecule has 5 nitrogen and oxygen atoms in total. The van der Waals surface area contributed by atoms with Gasteiger partial charge in [0.1, 0.15) is 0 Å². The summed E-state index contributed by atoms with van der Waals surface area (Å²) >= 11 is 0. The van der Waals surface area contributed by atoms with Crippen LogP contribution in [0.1, 0.15) is 46.0 Å². The molecule has 1 saturated heterocycles. The maximum atomic E-state index is 12.4. The van der Waals surface area contributed by atoms with Gasteiger partial charge >= 0.3 is 5.97 Å². The molecule has 1 aliphatic heterocycles. The minimum Gasteiger partial charge on any atom is -0.479 e. The average Bonchev–Trinajstić information content (AvgIpc) is 2.37. The van der Waals surface area contributed by atoms with Gasteiger partial charge in [0.25, 0.3) is 0 Å². The second-order valence-corrected chi connectivity index (χ2v) is 6.41. The van der Waals surface area contributed by atoms with Gasteiger partial charge in [-0.05, 0) is 31.6 Å². The predicted molar refractivity (Wildman–Crippen MR) is 74.3 cm³/mol. The highest BCUT2D eigenvalue weighted by Gasteiger charge is 2.33. The molecule has 1 N–H and O–H groups in total. The number of morpholine rings is 1. The lowest BCUT2D eigenvalue weighted by Crippen LogP contribution is -2.52. The Labute approximate surface area is 120 Å². The van der Waals surface area contributed by atoms with E-state index in [0.29, 0.717) is 24.8 Å². The quantitative estimate of drug-likeness (QED) is 0.859. The number of carboxylic acid groups (broad SMARTS) is 1. The van der Waals surface area contributed by atoms with E-state index in [1.807, 2.05) is 6.92 Å². The summed E-state index contributed by atoms with van der Waals surface area (Å²) in [7, 11) is 0. The van der Waals surface area contributed by atoms with Crippen molar-refractivity contribution < 1.29 is 19.4 Å². The molecule has 1 aliphatic carbocycles. The van der Waals surface area contributed by atoms with Crippen LogP contribution >= 0.6 is 0 Å². The molecule has 2 fully saturated rings. The van der Waals surface area contributed by atoms with Crippen LogP contribution in [0.4, 0.5) is 0 Å². The summed E-state index contributed by atoms with van der Waals surface area (Å²) in [6.45, 7) is 4.75. The van der Waals surface area contributed by atoms with E-state index in [0.717, 1.165) is 12.8 Å². The Morgan fingerprint density at radius 2 is 2.00 bits per heavy atom.